The molecule has 0 bridgehead atoms. The number of hydrogen-bond donors (Lipinski definition) is 3. The smallest absolute Gasteiger partial charge is 0.462 e. The molecule has 0 radical (unpaired) electrons. The quantitative estimate of drug-likeness (QED) is 0.0169. The van der Waals surface area contributed by atoms with Crippen LogP contribution in [-0.2, 0) is 65.4 Å². The van der Waals surface area contributed by atoms with Crippen LogP contribution in [0.15, 0.2) is 182 Å². The second kappa shape index (κ2) is 81.2. The Kier molecular flexibility index (Phi) is 76.9. The first kappa shape index (κ1) is 104. The molecule has 5 unspecified atom stereocenters. The molecule has 0 aliphatic carbocycles. The first-order valence-electron chi connectivity index (χ1n) is 42.0. The van der Waals surface area contributed by atoms with E-state index in [1.165, 1.54) is 19.3 Å². The molecule has 0 aromatic rings. The second-order valence-electron chi connectivity index (χ2n) is 27.3. The van der Waals surface area contributed by atoms with Crippen LogP contribution in [0.25, 0.3) is 0 Å². The molecule has 0 aliphatic heterocycles. The van der Waals surface area contributed by atoms with Gasteiger partial charge in [0.1, 0.15) is 19.3 Å². The lowest BCUT2D eigenvalue weighted by Crippen LogP contribution is -2.30. The maximum absolute atomic E-state index is 13.1. The van der Waals surface area contributed by atoms with Crippen molar-refractivity contribution in [1.82, 2.24) is 0 Å². The van der Waals surface area contributed by atoms with Crippen LogP contribution in [0.5, 0.6) is 0 Å². The van der Waals surface area contributed by atoms with Crippen LogP contribution in [0.1, 0.15) is 310 Å². The normalized spacial score (nSPS) is 14.7. The third kappa shape index (κ3) is 80.2. The van der Waals surface area contributed by atoms with E-state index in [0.29, 0.717) is 25.7 Å². The number of phosphoric ester groups is 2. The van der Waals surface area contributed by atoms with E-state index in [0.717, 1.165) is 212 Å². The lowest BCUT2D eigenvalue weighted by Gasteiger charge is -2.21. The molecule has 0 aliphatic rings. The minimum absolute atomic E-state index is 0.0643. The van der Waals surface area contributed by atoms with Crippen molar-refractivity contribution in [2.45, 2.75) is 329 Å². The van der Waals surface area contributed by atoms with Crippen molar-refractivity contribution in [1.29, 1.82) is 0 Å². The van der Waals surface area contributed by atoms with Gasteiger partial charge in [0.25, 0.3) is 0 Å². The van der Waals surface area contributed by atoms with Gasteiger partial charge in [0, 0.05) is 25.7 Å². The molecule has 110 heavy (non-hydrogen) atoms. The number of ether oxygens (including phenoxy) is 4. The Morgan fingerprint density at radius 2 is 0.473 bits per heavy atom. The van der Waals surface area contributed by atoms with Gasteiger partial charge in [-0.25, -0.2) is 9.13 Å². The van der Waals surface area contributed by atoms with Gasteiger partial charge in [-0.05, 0) is 180 Å². The number of carbonyl (C=O) groups excluding carboxylic acids is 4. The molecule has 3 N–H and O–H groups in total. The summed E-state index contributed by atoms with van der Waals surface area (Å²) in [5.41, 5.74) is 0. The summed E-state index contributed by atoms with van der Waals surface area (Å²) in [7, 11) is -10.0. The number of aliphatic hydroxyl groups is 1. The molecule has 0 amide bonds. The van der Waals surface area contributed by atoms with Gasteiger partial charge in [-0.3, -0.25) is 37.3 Å². The minimum Gasteiger partial charge on any atom is -0.462 e. The van der Waals surface area contributed by atoms with Crippen molar-refractivity contribution in [2.24, 2.45) is 0 Å². The van der Waals surface area contributed by atoms with Crippen molar-refractivity contribution in [3.63, 3.8) is 0 Å². The zero-order chi connectivity index (χ0) is 80.3. The number of rotatable bonds is 77. The molecule has 0 rings (SSSR count). The summed E-state index contributed by atoms with van der Waals surface area (Å²) >= 11 is 0. The molecular weight excluding hydrogens is 1430 g/mol. The molecule has 0 spiro atoms. The number of unbranched alkanes of at least 4 members (excludes halogenated alkanes) is 21. The molecule has 0 aromatic heterocycles. The topological polar surface area (TPSA) is 237 Å². The van der Waals surface area contributed by atoms with Crippen LogP contribution >= 0.6 is 15.6 Å². The molecule has 0 aromatic carbocycles. The Hall–Kier alpha value is -5.84. The lowest BCUT2D eigenvalue weighted by atomic mass is 10.1. The fourth-order valence-electron chi connectivity index (χ4n) is 10.6. The molecule has 0 heterocycles. The summed E-state index contributed by atoms with van der Waals surface area (Å²) in [4.78, 5) is 73.2. The van der Waals surface area contributed by atoms with Crippen LogP contribution in [0.2, 0.25) is 0 Å². The van der Waals surface area contributed by atoms with Crippen molar-refractivity contribution in [3.8, 4) is 0 Å². The fourth-order valence-corrected chi connectivity index (χ4v) is 12.1. The molecular formula is C91H148O17P2. The summed E-state index contributed by atoms with van der Waals surface area (Å²) in [5.74, 6) is -2.28. The highest BCUT2D eigenvalue weighted by atomic mass is 31.2. The molecule has 5 atom stereocenters. The molecule has 624 valence electrons. The zero-order valence-electron chi connectivity index (χ0n) is 68.4. The van der Waals surface area contributed by atoms with Crippen LogP contribution in [0.3, 0.4) is 0 Å². The van der Waals surface area contributed by atoms with Gasteiger partial charge >= 0.3 is 39.5 Å². The van der Waals surface area contributed by atoms with E-state index >= 15 is 0 Å². The zero-order valence-corrected chi connectivity index (χ0v) is 70.1. The Morgan fingerprint density at radius 3 is 0.736 bits per heavy atom. The van der Waals surface area contributed by atoms with Crippen molar-refractivity contribution >= 4 is 39.5 Å². The van der Waals surface area contributed by atoms with Gasteiger partial charge in [0.05, 0.1) is 26.4 Å². The second-order valence-corrected chi connectivity index (χ2v) is 30.2. The average Bonchev–Trinajstić information content (AvgIpc) is 0.899. The maximum Gasteiger partial charge on any atom is 0.472 e. The van der Waals surface area contributed by atoms with E-state index < -0.39 is 97.5 Å². The summed E-state index contributed by atoms with van der Waals surface area (Å²) in [6.45, 7) is 4.41. The minimum atomic E-state index is -5.00. The number of hydrogen-bond acceptors (Lipinski definition) is 15. The third-order valence-electron chi connectivity index (χ3n) is 16.8. The first-order chi connectivity index (χ1) is 53.7. The van der Waals surface area contributed by atoms with Gasteiger partial charge in [0.2, 0.25) is 0 Å². The standard InChI is InChI=1S/C91H148O17P2/c1-5-9-13-17-21-25-29-33-37-40-42-45-48-51-55-59-63-67-71-75-88(93)101-81-86(107-90(95)77-73-69-65-61-57-53-47-36-32-28-24-20-16-12-8-4)83-105-109(97,98)103-79-85(92)80-104-110(99,100)106-84-87(108-91(96)78-74-70-66-62-58-54-50-44-39-35-31-27-23-19-15-11-7-3)82-102-89(94)76-72-68-64-60-56-52-49-46-43-41-38-34-30-26-22-18-14-10-6-2/h9-11,13-15,21-28,33-39,42-43,45-47,51-52,55-56,85-87,92H,5-8,12,16-20,29-32,40-41,44,48-50,53-54,57-84H2,1-4H3,(H,97,98)(H,99,100)/b13-9-,14-10-,15-11-,25-21-,26-22-,27-23-,28-24-,37-33-,38-34-,39-35-,45-42-,46-43-,47-36-,55-51-,56-52-. The summed E-state index contributed by atoms with van der Waals surface area (Å²) < 4.78 is 68.7. The third-order valence-corrected chi connectivity index (χ3v) is 18.7. The van der Waals surface area contributed by atoms with E-state index in [2.05, 4.69) is 210 Å². The van der Waals surface area contributed by atoms with Crippen LogP contribution < -0.4 is 0 Å². The van der Waals surface area contributed by atoms with E-state index in [1.54, 1.807) is 0 Å². The highest BCUT2D eigenvalue weighted by Crippen LogP contribution is 2.45. The maximum atomic E-state index is 13.1. The number of allylic oxidation sites excluding steroid dienone is 30. The number of phosphoric acid groups is 2. The van der Waals surface area contributed by atoms with Crippen LogP contribution in [0.4, 0.5) is 0 Å². The Morgan fingerprint density at radius 1 is 0.264 bits per heavy atom. The largest absolute Gasteiger partial charge is 0.472 e. The van der Waals surface area contributed by atoms with Gasteiger partial charge < -0.3 is 33.8 Å². The van der Waals surface area contributed by atoms with E-state index in [1.807, 2.05) is 0 Å². The van der Waals surface area contributed by atoms with E-state index in [9.17, 15) is 43.2 Å². The molecule has 0 saturated heterocycles. The van der Waals surface area contributed by atoms with Crippen molar-refractivity contribution < 1.29 is 80.2 Å². The Bertz CT molecular complexity index is 2800. The monoisotopic (exact) mass is 1580 g/mol. The first-order valence-corrected chi connectivity index (χ1v) is 45.0. The predicted molar refractivity (Wildman–Crippen MR) is 454 cm³/mol. The fraction of sp³-hybridized carbons (Fsp3) is 0.626. The van der Waals surface area contributed by atoms with Crippen LogP contribution in [0, 0.1) is 0 Å². The van der Waals surface area contributed by atoms with Gasteiger partial charge in [-0.2, -0.15) is 0 Å². The highest BCUT2D eigenvalue weighted by molar-refractivity contribution is 7.47. The molecule has 19 heteroatoms. The lowest BCUT2D eigenvalue weighted by molar-refractivity contribution is -0.161. The molecule has 17 nitrogen and oxygen atoms in total. The van der Waals surface area contributed by atoms with Gasteiger partial charge in [-0.1, -0.05) is 287 Å². The van der Waals surface area contributed by atoms with Crippen LogP contribution in [-0.4, -0.2) is 96.7 Å². The van der Waals surface area contributed by atoms with E-state index in [4.69, 9.17) is 37.0 Å². The average molecular weight is 1580 g/mol. The Labute approximate surface area is 666 Å². The molecule has 0 fully saturated rings. The van der Waals surface area contributed by atoms with E-state index in [-0.39, 0.29) is 25.7 Å². The molecule has 0 saturated carbocycles. The number of aliphatic hydroxyl groups excluding tert-OH is 1. The van der Waals surface area contributed by atoms with Crippen molar-refractivity contribution in [2.75, 3.05) is 39.6 Å². The summed E-state index contributed by atoms with van der Waals surface area (Å²) in [5, 5.41) is 10.7. The summed E-state index contributed by atoms with van der Waals surface area (Å²) in [6.07, 6.45) is 98.5. The Balaban J connectivity index is 5.47. The number of carbonyl (C=O) groups is 4. The SMILES string of the molecule is CC/C=C\C/C=C\C/C=C\C/C=C\C/C=C\CCCCCC(=O)OCC(COP(=O)(O)OCC(O)COP(=O)(O)OCC(COC(=O)CCCCC/C=C\C/C=C\C/C=C\C/C=C\C/C=C\CC)OC(=O)CCCCCCCCC/C=C\C/C=C\C/C=C\CC)OC(=O)CCCCCCC/C=C\C/C=C\CCCCC. The highest BCUT2D eigenvalue weighted by Gasteiger charge is 2.30. The predicted octanol–water partition coefficient (Wildman–Crippen LogP) is 25.1. The van der Waals surface area contributed by atoms with Crippen molar-refractivity contribution in [3.05, 3.63) is 182 Å². The van der Waals surface area contributed by atoms with Gasteiger partial charge in [0.15, 0.2) is 12.2 Å². The number of esters is 4. The summed E-state index contributed by atoms with van der Waals surface area (Å²) in [6, 6.07) is 0. The van der Waals surface area contributed by atoms with Gasteiger partial charge in [-0.15, -0.1) is 0 Å².